The van der Waals surface area contributed by atoms with Crippen LogP contribution in [0.25, 0.3) is 0 Å². The van der Waals surface area contributed by atoms with Crippen LogP contribution in [-0.4, -0.2) is 151 Å². The summed E-state index contributed by atoms with van der Waals surface area (Å²) < 4.78 is 22.1. The standard InChI is InChI=1S/C23H38N4O5.C19H37NO3.C16H31NO3.C14H30O2/c1-23(2,3)22(29)24-10-12-31-14-13-30-11-4-5-21(28)32-15-18-16-6-8-19-20(26-27-25-19)9-7-17(16)18;1-17(2,3)13-19(7,14-21)16(23)20-12-10-8-9-11-15(22)18(4,5)6;1-11(18)12(10-13(19)16(5,6)7)14(20)17-9-8-15(2,3)4;1-6-7-8-9-16-12-14(5,11-15)10-13(2,3)4/h16-18H,4-15H2,1-3H3,(H,24,29)(H,25,26,27);21H,8-14H2,1-7H3,(H,20,23);11-12,18H,8-10H2,1-7H3,(H,17,20);15H,6-12H2,1-5H3. The molecular formula is C72H136N6O13. The number of aromatic nitrogens is 3. The number of aliphatic hydroxyl groups is 3. The van der Waals surface area contributed by atoms with E-state index in [1.807, 2.05) is 69.2 Å². The van der Waals surface area contributed by atoms with E-state index in [-0.39, 0.29) is 81.6 Å². The van der Waals surface area contributed by atoms with Crippen LogP contribution in [0.5, 0.6) is 0 Å². The van der Waals surface area contributed by atoms with Crippen molar-refractivity contribution in [3.05, 3.63) is 11.4 Å². The van der Waals surface area contributed by atoms with E-state index in [2.05, 4.69) is 108 Å². The number of carbonyl (C=O) groups excluding carboxylic acids is 6. The molecule has 91 heavy (non-hydrogen) atoms. The zero-order valence-corrected chi connectivity index (χ0v) is 61.7. The Labute approximate surface area is 552 Å². The maximum Gasteiger partial charge on any atom is 0.305 e. The number of hydrogen-bond acceptors (Lipinski definition) is 15. The summed E-state index contributed by atoms with van der Waals surface area (Å²) in [7, 11) is 0. The fourth-order valence-corrected chi connectivity index (χ4v) is 11.0. The Morgan fingerprint density at radius 3 is 1.58 bits per heavy atom. The molecule has 1 saturated carbocycles. The minimum atomic E-state index is -0.823. The van der Waals surface area contributed by atoms with E-state index in [1.165, 1.54) is 12.8 Å². The molecule has 19 nitrogen and oxygen atoms in total. The number of nitrogens with zero attached hydrogens (tertiary/aromatic N) is 2. The van der Waals surface area contributed by atoms with Crippen LogP contribution in [0.1, 0.15) is 260 Å². The van der Waals surface area contributed by atoms with Crippen LogP contribution >= 0.6 is 0 Å². The lowest BCUT2D eigenvalue weighted by Gasteiger charge is -2.33. The molecule has 0 aromatic carbocycles. The van der Waals surface area contributed by atoms with Gasteiger partial charge < -0.3 is 50.2 Å². The molecule has 3 rings (SSSR count). The van der Waals surface area contributed by atoms with Gasteiger partial charge in [-0.1, -0.05) is 158 Å². The summed E-state index contributed by atoms with van der Waals surface area (Å²) in [4.78, 5) is 72.0. The second-order valence-electron chi connectivity index (χ2n) is 33.3. The molecule has 0 aliphatic heterocycles. The van der Waals surface area contributed by atoms with Crippen LogP contribution < -0.4 is 16.0 Å². The molecule has 1 aromatic rings. The maximum absolute atomic E-state index is 12.3. The average Bonchev–Trinajstić information content (AvgIpc) is 1.66. The van der Waals surface area contributed by atoms with Gasteiger partial charge in [-0.3, -0.25) is 28.8 Å². The Bertz CT molecular complexity index is 2200. The summed E-state index contributed by atoms with van der Waals surface area (Å²) >= 11 is 0. The van der Waals surface area contributed by atoms with Crippen LogP contribution in [0.4, 0.5) is 0 Å². The van der Waals surface area contributed by atoms with Crippen molar-refractivity contribution >= 4 is 35.3 Å². The predicted molar refractivity (Wildman–Crippen MR) is 364 cm³/mol. The first-order valence-corrected chi connectivity index (χ1v) is 34.4. The first-order chi connectivity index (χ1) is 41.8. The highest BCUT2D eigenvalue weighted by Gasteiger charge is 2.50. The Morgan fingerprint density at radius 2 is 1.10 bits per heavy atom. The summed E-state index contributed by atoms with van der Waals surface area (Å²) in [6, 6.07) is 0. The number of H-pyrrole nitrogens is 1. The molecule has 3 amide bonds. The highest BCUT2D eigenvalue weighted by atomic mass is 16.5. The molecule has 1 aromatic heterocycles. The number of Topliss-reactive ketones (excluding diaryl/α,β-unsaturated/α-hetero) is 2. The van der Waals surface area contributed by atoms with Crippen molar-refractivity contribution in [2.75, 3.05) is 79.1 Å². The van der Waals surface area contributed by atoms with Gasteiger partial charge in [-0.15, -0.1) is 0 Å². The molecule has 532 valence electrons. The van der Waals surface area contributed by atoms with Gasteiger partial charge in [-0.2, -0.15) is 15.4 Å². The van der Waals surface area contributed by atoms with E-state index in [4.69, 9.17) is 18.9 Å². The van der Waals surface area contributed by atoms with Gasteiger partial charge in [0.2, 0.25) is 17.7 Å². The SMILES string of the molecule is CC(C)(C)C(=O)NCCOCCOCCCC(=O)OCC1C2CCc3n[nH]nc3CCC21.CC(C)(C)CC(C)(CO)C(=O)NCCCCCC(=O)C(C)(C)C.CC(O)C(CC(=O)C(C)(C)C)C(=O)NCCC(C)(C)C.CCCCCOCC(C)(CO)CC(C)(C)C. The van der Waals surface area contributed by atoms with Gasteiger partial charge in [0.15, 0.2) is 0 Å². The zero-order chi connectivity index (χ0) is 70.1. The molecule has 0 saturated heterocycles. The van der Waals surface area contributed by atoms with Crippen molar-refractivity contribution in [2.24, 2.45) is 67.0 Å². The first kappa shape index (κ1) is 87.1. The number of ether oxygens (including phenoxy) is 4. The molecule has 6 unspecified atom stereocenters. The Kier molecular flexibility index (Phi) is 40.1. The van der Waals surface area contributed by atoms with Crippen molar-refractivity contribution in [3.63, 3.8) is 0 Å². The highest BCUT2D eigenvalue weighted by molar-refractivity contribution is 5.90. The molecule has 7 N–H and O–H groups in total. The Hall–Kier alpha value is -3.88. The lowest BCUT2D eigenvalue weighted by atomic mass is 9.75. The zero-order valence-electron chi connectivity index (χ0n) is 61.7. The fourth-order valence-electron chi connectivity index (χ4n) is 11.0. The van der Waals surface area contributed by atoms with Crippen molar-refractivity contribution < 1.29 is 63.0 Å². The summed E-state index contributed by atoms with van der Waals surface area (Å²) in [6.45, 7) is 49.4. The largest absolute Gasteiger partial charge is 0.465 e. The highest BCUT2D eigenvalue weighted by Crippen LogP contribution is 2.53. The number of nitrogens with one attached hydrogen (secondary N) is 4. The summed E-state index contributed by atoms with van der Waals surface area (Å²) in [5, 5.41) is 48.6. The molecule has 2 aliphatic rings. The number of aliphatic hydroxyl groups excluding tert-OH is 3. The fraction of sp³-hybridized carbons (Fsp3) is 0.889. The number of hydrogen-bond donors (Lipinski definition) is 7. The van der Waals surface area contributed by atoms with E-state index in [1.54, 1.807) is 6.92 Å². The van der Waals surface area contributed by atoms with Crippen LogP contribution in [0.2, 0.25) is 0 Å². The molecule has 6 atom stereocenters. The lowest BCUT2D eigenvalue weighted by molar-refractivity contribution is -0.144. The number of rotatable bonds is 35. The van der Waals surface area contributed by atoms with Gasteiger partial charge in [-0.05, 0) is 118 Å². The summed E-state index contributed by atoms with van der Waals surface area (Å²) in [6.07, 6.45) is 13.8. The van der Waals surface area contributed by atoms with E-state index >= 15 is 0 Å². The number of fused-ring (bicyclic) bond motifs is 2. The van der Waals surface area contributed by atoms with E-state index in [0.29, 0.717) is 108 Å². The number of aromatic amines is 1. The molecule has 1 fully saturated rings. The van der Waals surface area contributed by atoms with Crippen molar-refractivity contribution in [2.45, 2.75) is 268 Å². The molecule has 0 radical (unpaired) electrons. The van der Waals surface area contributed by atoms with Crippen LogP contribution in [0.3, 0.4) is 0 Å². The van der Waals surface area contributed by atoms with E-state index in [9.17, 15) is 44.1 Å². The number of esters is 1. The minimum absolute atomic E-state index is 0.00521. The third kappa shape index (κ3) is 40.9. The van der Waals surface area contributed by atoms with Crippen LogP contribution in [0, 0.1) is 67.0 Å². The van der Waals surface area contributed by atoms with Gasteiger partial charge in [0.1, 0.15) is 11.6 Å². The van der Waals surface area contributed by atoms with Gasteiger partial charge in [0.05, 0.1) is 75.1 Å². The van der Waals surface area contributed by atoms with Gasteiger partial charge >= 0.3 is 5.97 Å². The summed E-state index contributed by atoms with van der Waals surface area (Å²) in [5.41, 5.74) is 0.616. The Morgan fingerprint density at radius 1 is 0.560 bits per heavy atom. The van der Waals surface area contributed by atoms with Crippen molar-refractivity contribution in [1.29, 1.82) is 0 Å². The smallest absolute Gasteiger partial charge is 0.305 e. The first-order valence-electron chi connectivity index (χ1n) is 34.4. The second-order valence-corrected chi connectivity index (χ2v) is 33.3. The Balaban J connectivity index is 0.00000123. The number of ketones is 2. The van der Waals surface area contributed by atoms with Crippen molar-refractivity contribution in [1.82, 2.24) is 31.4 Å². The molecule has 2 aliphatic carbocycles. The molecule has 0 bridgehead atoms. The third-order valence-electron chi connectivity index (χ3n) is 16.4. The van der Waals surface area contributed by atoms with Crippen molar-refractivity contribution in [3.8, 4) is 0 Å². The number of amides is 3. The van der Waals surface area contributed by atoms with E-state index in [0.717, 1.165) is 82.2 Å². The lowest BCUT2D eigenvalue weighted by Crippen LogP contribution is -2.44. The molecule has 19 heteroatoms. The predicted octanol–water partition coefficient (Wildman–Crippen LogP) is 11.9. The molecule has 0 spiro atoms. The topological polar surface area (TPSA) is 278 Å². The van der Waals surface area contributed by atoms with Gasteiger partial charge in [-0.25, -0.2) is 0 Å². The second kappa shape index (κ2) is 41.8. The number of carbonyl (C=O) groups is 6. The van der Waals surface area contributed by atoms with Crippen LogP contribution in [-0.2, 0) is 60.6 Å². The monoisotopic (exact) mass is 1290 g/mol. The van der Waals surface area contributed by atoms with E-state index < -0.39 is 22.9 Å². The maximum atomic E-state index is 12.3. The normalized spacial score (nSPS) is 17.9. The number of aryl methyl sites for hydroxylation is 2. The average molecular weight is 1290 g/mol. The van der Waals surface area contributed by atoms with Gasteiger partial charge in [0.25, 0.3) is 0 Å². The molecule has 1 heterocycles. The quantitative estimate of drug-likeness (QED) is 0.0246. The van der Waals surface area contributed by atoms with Crippen LogP contribution in [0.15, 0.2) is 0 Å². The molecular weight excluding hydrogens is 1160 g/mol. The van der Waals surface area contributed by atoms with Gasteiger partial charge in [0, 0.05) is 73.8 Å². The number of unbranched alkanes of at least 4 members (excludes halogenated alkanes) is 4. The third-order valence-corrected chi connectivity index (χ3v) is 16.4. The minimum Gasteiger partial charge on any atom is -0.465 e. The summed E-state index contributed by atoms with van der Waals surface area (Å²) in [5.74, 6) is 0.969.